The Bertz CT molecular complexity index is 1210. The molecule has 0 spiro atoms. The van der Waals surface area contributed by atoms with Crippen molar-refractivity contribution in [2.75, 3.05) is 26.2 Å². The zero-order valence-corrected chi connectivity index (χ0v) is 18.8. The molecule has 0 aliphatic carbocycles. The fourth-order valence-corrected chi connectivity index (χ4v) is 5.20. The molecular weight excluding hydrogens is 465 g/mol. The number of ether oxygens (including phenoxy) is 1. The summed E-state index contributed by atoms with van der Waals surface area (Å²) in [5, 5.41) is 10.1. The SMILES string of the molecule is Oc1ccc2c(c1)C(c1ccc(CCN3CCCC3)cc1)C(c1c(F)c(F)c(F)c(F)c1F)CO2. The van der Waals surface area contributed by atoms with E-state index in [0.717, 1.165) is 31.6 Å². The largest absolute Gasteiger partial charge is 0.508 e. The normalized spacial score (nSPS) is 20.0. The smallest absolute Gasteiger partial charge is 0.200 e. The van der Waals surface area contributed by atoms with E-state index < -0.39 is 46.5 Å². The summed E-state index contributed by atoms with van der Waals surface area (Å²) in [6, 6.07) is 11.8. The molecule has 0 saturated carbocycles. The van der Waals surface area contributed by atoms with Gasteiger partial charge in [-0.1, -0.05) is 24.3 Å². The lowest BCUT2D eigenvalue weighted by molar-refractivity contribution is 0.237. The third kappa shape index (κ3) is 4.35. The van der Waals surface area contributed by atoms with Crippen LogP contribution in [-0.2, 0) is 6.42 Å². The maximum atomic E-state index is 14.8. The van der Waals surface area contributed by atoms with Crippen molar-refractivity contribution >= 4 is 0 Å². The van der Waals surface area contributed by atoms with Crippen LogP contribution < -0.4 is 4.74 Å². The second kappa shape index (κ2) is 9.49. The molecule has 2 unspecified atom stereocenters. The van der Waals surface area contributed by atoms with Gasteiger partial charge in [0.25, 0.3) is 0 Å². The second-order valence-corrected chi connectivity index (χ2v) is 9.14. The fraction of sp³-hybridized carbons (Fsp3) is 0.333. The first kappa shape index (κ1) is 23.6. The zero-order chi connectivity index (χ0) is 24.7. The summed E-state index contributed by atoms with van der Waals surface area (Å²) in [5.74, 6) is -11.6. The van der Waals surface area contributed by atoms with Gasteiger partial charge >= 0.3 is 0 Å². The first-order valence-electron chi connectivity index (χ1n) is 11.6. The van der Waals surface area contributed by atoms with E-state index in [0.29, 0.717) is 16.9 Å². The Balaban J connectivity index is 1.55. The van der Waals surface area contributed by atoms with Crippen molar-refractivity contribution < 1.29 is 31.8 Å². The van der Waals surface area contributed by atoms with Gasteiger partial charge in [-0.05, 0) is 61.7 Å². The number of hydrogen-bond donors (Lipinski definition) is 1. The van der Waals surface area contributed by atoms with E-state index in [1.807, 2.05) is 24.3 Å². The van der Waals surface area contributed by atoms with E-state index >= 15 is 0 Å². The monoisotopic (exact) mass is 489 g/mol. The van der Waals surface area contributed by atoms with Gasteiger partial charge < -0.3 is 14.7 Å². The van der Waals surface area contributed by atoms with Gasteiger partial charge in [-0.25, -0.2) is 22.0 Å². The van der Waals surface area contributed by atoms with Crippen molar-refractivity contribution in [3.63, 3.8) is 0 Å². The summed E-state index contributed by atoms with van der Waals surface area (Å²) in [4.78, 5) is 2.39. The number of fused-ring (bicyclic) bond motifs is 1. The Morgan fingerprint density at radius 2 is 1.46 bits per heavy atom. The molecule has 0 radical (unpaired) electrons. The highest BCUT2D eigenvalue weighted by atomic mass is 19.2. The van der Waals surface area contributed by atoms with Gasteiger partial charge in [-0.2, -0.15) is 0 Å². The van der Waals surface area contributed by atoms with Gasteiger partial charge in [0.05, 0.1) is 6.61 Å². The molecule has 1 fully saturated rings. The molecule has 0 bridgehead atoms. The van der Waals surface area contributed by atoms with Crippen molar-refractivity contribution in [2.24, 2.45) is 0 Å². The second-order valence-electron chi connectivity index (χ2n) is 9.14. The first-order chi connectivity index (χ1) is 16.8. The molecule has 0 amide bonds. The zero-order valence-electron chi connectivity index (χ0n) is 18.8. The molecular formula is C27H24F5NO2. The molecule has 2 aliphatic rings. The average Bonchev–Trinajstić information content (AvgIpc) is 3.39. The van der Waals surface area contributed by atoms with Crippen molar-refractivity contribution in [1.29, 1.82) is 0 Å². The molecule has 0 aromatic heterocycles. The number of rotatable bonds is 5. The predicted octanol–water partition coefficient (Wildman–Crippen LogP) is 6.03. The van der Waals surface area contributed by atoms with E-state index in [9.17, 15) is 27.1 Å². The lowest BCUT2D eigenvalue weighted by Crippen LogP contribution is -2.28. The van der Waals surface area contributed by atoms with Crippen LogP contribution in [0, 0.1) is 29.1 Å². The van der Waals surface area contributed by atoms with Gasteiger partial charge in [0, 0.05) is 29.5 Å². The summed E-state index contributed by atoms with van der Waals surface area (Å²) in [7, 11) is 0. The predicted molar refractivity (Wildman–Crippen MR) is 120 cm³/mol. The number of phenols is 1. The summed E-state index contributed by atoms with van der Waals surface area (Å²) in [6.45, 7) is 2.81. The van der Waals surface area contributed by atoms with Gasteiger partial charge in [0.1, 0.15) is 11.5 Å². The van der Waals surface area contributed by atoms with Gasteiger partial charge in [0.15, 0.2) is 23.3 Å². The minimum absolute atomic E-state index is 0.0994. The van der Waals surface area contributed by atoms with E-state index in [4.69, 9.17) is 4.74 Å². The van der Waals surface area contributed by atoms with Crippen molar-refractivity contribution in [2.45, 2.75) is 31.1 Å². The Hall–Kier alpha value is -3.13. The maximum Gasteiger partial charge on any atom is 0.200 e. The molecule has 1 saturated heterocycles. The standard InChI is InChI=1S/C27H24F5NO2/c28-23-22(24(29)26(31)27(32)25(23)30)19-14-35-20-8-7-17(34)13-18(20)21(19)16-5-3-15(4-6-16)9-12-33-10-1-2-11-33/h3-8,13,19,21,34H,1-2,9-12,14H2. The number of hydrogen-bond acceptors (Lipinski definition) is 3. The summed E-state index contributed by atoms with van der Waals surface area (Å²) >= 11 is 0. The summed E-state index contributed by atoms with van der Waals surface area (Å²) < 4.78 is 77.1. The van der Waals surface area contributed by atoms with Gasteiger partial charge in [0.2, 0.25) is 5.82 Å². The Kier molecular flexibility index (Phi) is 6.40. The maximum absolute atomic E-state index is 14.8. The van der Waals surface area contributed by atoms with Crippen molar-refractivity contribution in [3.05, 3.63) is 93.8 Å². The van der Waals surface area contributed by atoms with Crippen LogP contribution in [0.4, 0.5) is 22.0 Å². The Labute approximate surface area is 199 Å². The summed E-state index contributed by atoms with van der Waals surface area (Å²) in [6.07, 6.45) is 3.24. The fourth-order valence-electron chi connectivity index (χ4n) is 5.20. The highest BCUT2D eigenvalue weighted by molar-refractivity contribution is 5.51. The van der Waals surface area contributed by atoms with E-state index in [1.54, 1.807) is 0 Å². The van der Waals surface area contributed by atoms with Crippen LogP contribution in [0.1, 0.15) is 46.9 Å². The summed E-state index contributed by atoms with van der Waals surface area (Å²) in [5.41, 5.74) is 1.20. The minimum atomic E-state index is -2.20. The van der Waals surface area contributed by atoms with Crippen molar-refractivity contribution in [1.82, 2.24) is 4.90 Å². The van der Waals surface area contributed by atoms with Crippen LogP contribution in [0.5, 0.6) is 11.5 Å². The molecule has 2 heterocycles. The van der Waals surface area contributed by atoms with Crippen LogP contribution in [0.25, 0.3) is 0 Å². The van der Waals surface area contributed by atoms with Gasteiger partial charge in [-0.15, -0.1) is 0 Å². The molecule has 3 aromatic carbocycles. The van der Waals surface area contributed by atoms with E-state index in [-0.39, 0.29) is 12.4 Å². The molecule has 35 heavy (non-hydrogen) atoms. The van der Waals surface area contributed by atoms with Crippen LogP contribution in [0.15, 0.2) is 42.5 Å². The topological polar surface area (TPSA) is 32.7 Å². The minimum Gasteiger partial charge on any atom is -0.508 e. The average molecular weight is 489 g/mol. The number of halogens is 5. The number of likely N-dealkylation sites (tertiary alicyclic amines) is 1. The lowest BCUT2D eigenvalue weighted by Gasteiger charge is -2.35. The molecule has 2 aliphatic heterocycles. The third-order valence-corrected chi connectivity index (χ3v) is 7.02. The molecule has 3 aromatic rings. The number of nitrogens with zero attached hydrogens (tertiary/aromatic N) is 1. The van der Waals surface area contributed by atoms with E-state index in [1.165, 1.54) is 31.0 Å². The first-order valence-corrected chi connectivity index (χ1v) is 11.6. The molecule has 8 heteroatoms. The van der Waals surface area contributed by atoms with Crippen LogP contribution in [-0.4, -0.2) is 36.2 Å². The number of phenolic OH excluding ortho intramolecular Hbond substituents is 1. The molecule has 3 nitrogen and oxygen atoms in total. The molecule has 2 atom stereocenters. The highest BCUT2D eigenvalue weighted by Crippen LogP contribution is 2.48. The van der Waals surface area contributed by atoms with Crippen LogP contribution >= 0.6 is 0 Å². The lowest BCUT2D eigenvalue weighted by atomic mass is 9.75. The van der Waals surface area contributed by atoms with Crippen LogP contribution in [0.3, 0.4) is 0 Å². The molecule has 184 valence electrons. The van der Waals surface area contributed by atoms with E-state index in [2.05, 4.69) is 4.90 Å². The number of aromatic hydroxyl groups is 1. The van der Waals surface area contributed by atoms with Crippen molar-refractivity contribution in [3.8, 4) is 11.5 Å². The molecule has 5 rings (SSSR count). The number of benzene rings is 3. The van der Waals surface area contributed by atoms with Gasteiger partial charge in [-0.3, -0.25) is 0 Å². The third-order valence-electron chi connectivity index (χ3n) is 7.02. The molecule has 1 N–H and O–H groups in total. The Morgan fingerprint density at radius 1 is 0.829 bits per heavy atom. The highest BCUT2D eigenvalue weighted by Gasteiger charge is 2.40. The quantitative estimate of drug-likeness (QED) is 0.270. The Morgan fingerprint density at radius 3 is 2.11 bits per heavy atom. The van der Waals surface area contributed by atoms with Crippen LogP contribution in [0.2, 0.25) is 0 Å².